The number of hydrogen-bond donors (Lipinski definition) is 0. The highest BCUT2D eigenvalue weighted by molar-refractivity contribution is 6.89. The summed E-state index contributed by atoms with van der Waals surface area (Å²) in [5, 5.41) is 17.4. The quantitative estimate of drug-likeness (QED) is 0.107. The van der Waals surface area contributed by atoms with Crippen LogP contribution in [0.5, 0.6) is 0 Å². The van der Waals surface area contributed by atoms with Gasteiger partial charge in [0.15, 0.2) is 5.69 Å². The fourth-order valence-corrected chi connectivity index (χ4v) is 14.8. The fraction of sp³-hybridized carbons (Fsp3) is 0.0986. The summed E-state index contributed by atoms with van der Waals surface area (Å²) in [5.74, 6) is 0. The summed E-state index contributed by atoms with van der Waals surface area (Å²) in [6.07, 6.45) is 0. The molecule has 0 fully saturated rings. The molecule has 13 rings (SSSR count). The molecule has 1 spiro atoms. The standard InChI is InChI=1S/C71H57N5Si2/c1-73-49-31-35-52(36-32-49)75(54-39-43-56(44-40-54)78(5,6)7)68-46-64-70(60-24-14-12-22-58(60)68)69-59-23-13-11-21-57(59)67(74(51-33-29-48(47-72)30-34-51)53-37-41-55(42-38-53)77(2,3)4)45-63(69)71(64)61-25-15-17-27-65(61)76(50-19-9-8-10-20-50)66-28-18-16-26-62(66)71/h8-46H,2-7H3. The third-order valence-corrected chi connectivity index (χ3v) is 20.3. The molecule has 5 nitrogen and oxygen atoms in total. The Morgan fingerprint density at radius 3 is 1.21 bits per heavy atom. The van der Waals surface area contributed by atoms with Gasteiger partial charge >= 0.3 is 0 Å². The van der Waals surface area contributed by atoms with E-state index >= 15 is 0 Å². The molecule has 11 aromatic rings. The van der Waals surface area contributed by atoms with Crippen LogP contribution in [0.2, 0.25) is 39.3 Å². The van der Waals surface area contributed by atoms with E-state index in [-0.39, 0.29) is 0 Å². The molecule has 78 heavy (non-hydrogen) atoms. The Kier molecular flexibility index (Phi) is 11.5. The smallest absolute Gasteiger partial charge is 0.187 e. The Labute approximate surface area is 460 Å². The first-order chi connectivity index (χ1) is 37.9. The molecule has 0 amide bonds. The van der Waals surface area contributed by atoms with Crippen molar-refractivity contribution in [3.63, 3.8) is 0 Å². The summed E-state index contributed by atoms with van der Waals surface area (Å²) in [5.41, 5.74) is 17.0. The summed E-state index contributed by atoms with van der Waals surface area (Å²) in [6.45, 7) is 22.3. The SMILES string of the molecule is [C-]#[N+]c1ccc(N(c2ccc([Si](C)(C)C)cc2)c2cc3c(c4ccccc24)-c2c(cc(N(c4ccc(C#N)cc4)c4ccc([Si](C)(C)C)cc4)c4ccccc24)C32c3ccccc3N(c3ccccc3)c3ccccc32)cc1. The maximum absolute atomic E-state index is 10.1. The zero-order valence-electron chi connectivity index (χ0n) is 44.8. The average molecular weight is 1040 g/mol. The normalized spacial score (nSPS) is 13.1. The Bertz CT molecular complexity index is 3980. The van der Waals surface area contributed by atoms with Crippen molar-refractivity contribution < 1.29 is 0 Å². The predicted octanol–water partition coefficient (Wildman–Crippen LogP) is 18.6. The van der Waals surface area contributed by atoms with Crippen molar-refractivity contribution in [2.24, 2.45) is 0 Å². The van der Waals surface area contributed by atoms with Gasteiger partial charge in [-0.25, -0.2) is 4.85 Å². The molecular formula is C71H57N5Si2. The van der Waals surface area contributed by atoms with E-state index in [1.807, 2.05) is 24.3 Å². The number of rotatable bonds is 9. The predicted molar refractivity (Wildman–Crippen MR) is 333 cm³/mol. The van der Waals surface area contributed by atoms with Crippen molar-refractivity contribution in [2.75, 3.05) is 14.7 Å². The highest BCUT2D eigenvalue weighted by Crippen LogP contribution is 2.67. The molecule has 0 atom stereocenters. The van der Waals surface area contributed by atoms with Crippen LogP contribution in [0, 0.1) is 17.9 Å². The number of anilines is 9. The summed E-state index contributed by atoms with van der Waals surface area (Å²) in [6, 6.07) is 88.9. The van der Waals surface area contributed by atoms with Crippen molar-refractivity contribution in [3.05, 3.63) is 276 Å². The molecule has 7 heteroatoms. The second-order valence-electron chi connectivity index (χ2n) is 22.7. The van der Waals surface area contributed by atoms with Crippen LogP contribution in [0.1, 0.15) is 27.8 Å². The third kappa shape index (κ3) is 7.61. The van der Waals surface area contributed by atoms with Gasteiger partial charge < -0.3 is 14.7 Å². The van der Waals surface area contributed by atoms with E-state index in [0.29, 0.717) is 11.3 Å². The molecule has 1 aliphatic heterocycles. The molecule has 0 radical (unpaired) electrons. The minimum Gasteiger partial charge on any atom is -0.310 e. The molecule has 0 unspecified atom stereocenters. The monoisotopic (exact) mass is 1040 g/mol. The highest BCUT2D eigenvalue weighted by Gasteiger charge is 2.53. The van der Waals surface area contributed by atoms with Gasteiger partial charge in [-0.2, -0.15) is 5.26 Å². The Balaban J connectivity index is 1.20. The Morgan fingerprint density at radius 2 is 0.795 bits per heavy atom. The van der Waals surface area contributed by atoms with Crippen LogP contribution in [0.3, 0.4) is 0 Å². The molecule has 2 aliphatic rings. The number of nitriles is 1. The van der Waals surface area contributed by atoms with Crippen molar-refractivity contribution >= 4 is 105 Å². The molecule has 0 N–H and O–H groups in total. The molecular weight excluding hydrogens is 979 g/mol. The third-order valence-electron chi connectivity index (χ3n) is 16.2. The van der Waals surface area contributed by atoms with Crippen LogP contribution >= 0.6 is 0 Å². The van der Waals surface area contributed by atoms with E-state index in [9.17, 15) is 5.26 Å². The Morgan fingerprint density at radius 1 is 0.423 bits per heavy atom. The first kappa shape index (κ1) is 48.4. The number of para-hydroxylation sites is 3. The molecule has 0 bridgehead atoms. The fourth-order valence-electron chi connectivity index (χ4n) is 12.5. The lowest BCUT2D eigenvalue weighted by atomic mass is 9.64. The number of hydrogen-bond acceptors (Lipinski definition) is 4. The first-order valence-electron chi connectivity index (χ1n) is 26.8. The van der Waals surface area contributed by atoms with Crippen LogP contribution in [-0.2, 0) is 5.41 Å². The maximum atomic E-state index is 10.1. The number of nitrogens with zero attached hydrogens (tertiary/aromatic N) is 5. The molecule has 0 saturated carbocycles. The van der Waals surface area contributed by atoms with Gasteiger partial charge in [0.25, 0.3) is 0 Å². The second kappa shape index (κ2) is 18.5. The van der Waals surface area contributed by atoms with Crippen LogP contribution in [0.15, 0.2) is 237 Å². The van der Waals surface area contributed by atoms with Crippen LogP contribution in [-0.4, -0.2) is 16.1 Å². The summed E-state index contributed by atoms with van der Waals surface area (Å²) in [4.78, 5) is 11.1. The number of benzene rings is 11. The zero-order valence-corrected chi connectivity index (χ0v) is 46.8. The minimum absolute atomic E-state index is 0.601. The first-order valence-corrected chi connectivity index (χ1v) is 33.8. The molecule has 374 valence electrons. The van der Waals surface area contributed by atoms with Crippen LogP contribution in [0.4, 0.5) is 56.9 Å². The molecule has 1 heterocycles. The lowest BCUT2D eigenvalue weighted by Crippen LogP contribution is -2.37. The molecule has 0 saturated heterocycles. The summed E-state index contributed by atoms with van der Waals surface area (Å²) < 4.78 is 0. The summed E-state index contributed by atoms with van der Waals surface area (Å²) >= 11 is 0. The van der Waals surface area contributed by atoms with Crippen LogP contribution in [0.25, 0.3) is 37.5 Å². The Hall–Kier alpha value is -9.25. The molecule has 0 aromatic heterocycles. The minimum atomic E-state index is -1.65. The van der Waals surface area contributed by atoms with E-state index in [1.165, 1.54) is 43.8 Å². The van der Waals surface area contributed by atoms with E-state index in [1.54, 1.807) is 0 Å². The van der Waals surface area contributed by atoms with Crippen molar-refractivity contribution in [2.45, 2.75) is 44.7 Å². The van der Waals surface area contributed by atoms with Crippen molar-refractivity contribution in [1.29, 1.82) is 5.26 Å². The van der Waals surface area contributed by atoms with Gasteiger partial charge in [0, 0.05) is 39.2 Å². The van der Waals surface area contributed by atoms with Gasteiger partial charge in [0.2, 0.25) is 0 Å². The zero-order chi connectivity index (χ0) is 53.5. The van der Waals surface area contributed by atoms with Crippen LogP contribution < -0.4 is 25.1 Å². The largest absolute Gasteiger partial charge is 0.310 e. The van der Waals surface area contributed by atoms with Gasteiger partial charge in [-0.3, -0.25) is 0 Å². The van der Waals surface area contributed by atoms with Gasteiger partial charge in [-0.15, -0.1) is 0 Å². The van der Waals surface area contributed by atoms with Crippen molar-refractivity contribution in [1.82, 2.24) is 0 Å². The van der Waals surface area contributed by atoms with Gasteiger partial charge in [-0.05, 0) is 141 Å². The molecule has 1 aliphatic carbocycles. The lowest BCUT2D eigenvalue weighted by molar-refractivity contribution is 0.753. The van der Waals surface area contributed by atoms with E-state index in [2.05, 4.69) is 277 Å². The van der Waals surface area contributed by atoms with Gasteiger partial charge in [0.05, 0.1) is 62.5 Å². The van der Waals surface area contributed by atoms with E-state index in [0.717, 1.165) is 72.7 Å². The average Bonchev–Trinajstić information content (AvgIpc) is 2.88. The van der Waals surface area contributed by atoms with E-state index in [4.69, 9.17) is 6.57 Å². The van der Waals surface area contributed by atoms with Crippen molar-refractivity contribution in [3.8, 4) is 17.2 Å². The second-order valence-corrected chi connectivity index (χ2v) is 32.9. The maximum Gasteiger partial charge on any atom is 0.187 e. The topological polar surface area (TPSA) is 37.9 Å². The molecule has 11 aromatic carbocycles. The number of fused-ring (bicyclic) bond motifs is 13. The van der Waals surface area contributed by atoms with E-state index < -0.39 is 21.6 Å². The highest BCUT2D eigenvalue weighted by atomic mass is 28.3. The van der Waals surface area contributed by atoms with Gasteiger partial charge in [-0.1, -0.05) is 189 Å². The lowest BCUT2D eigenvalue weighted by Gasteiger charge is -2.45. The van der Waals surface area contributed by atoms with Gasteiger partial charge in [0.1, 0.15) is 0 Å². The summed E-state index contributed by atoms with van der Waals surface area (Å²) in [7, 11) is -3.29.